The number of methoxy groups -OCH3 is 2. The Bertz CT molecular complexity index is 1440. The quantitative estimate of drug-likeness (QED) is 0.350. The number of hydrazine groups is 1. The minimum absolute atomic E-state index is 0.0195. The Morgan fingerprint density at radius 2 is 1.63 bits per heavy atom. The number of aryl methyl sites for hydroxylation is 1. The molecular weight excluding hydrogens is 569 g/mol. The van der Waals surface area contributed by atoms with E-state index in [1.54, 1.807) is 61.5 Å². The zero-order chi connectivity index (χ0) is 31.2. The van der Waals surface area contributed by atoms with E-state index in [0.29, 0.717) is 27.4 Å². The number of ether oxygens (including phenoxy) is 3. The van der Waals surface area contributed by atoms with E-state index in [1.807, 2.05) is 0 Å². The van der Waals surface area contributed by atoms with Crippen LogP contribution in [0.2, 0.25) is 0 Å². The van der Waals surface area contributed by atoms with Crippen molar-refractivity contribution in [3.63, 3.8) is 0 Å². The van der Waals surface area contributed by atoms with Gasteiger partial charge < -0.3 is 14.2 Å². The Balaban J connectivity index is 1.81. The summed E-state index contributed by atoms with van der Waals surface area (Å²) in [7, 11) is 2.54. The molecule has 1 aliphatic heterocycles. The summed E-state index contributed by atoms with van der Waals surface area (Å²) in [5, 5.41) is 3.02. The highest BCUT2D eigenvalue weighted by Gasteiger charge is 2.55. The molecule has 0 aliphatic carbocycles. The van der Waals surface area contributed by atoms with Gasteiger partial charge in [0.15, 0.2) is 0 Å². The number of nitrogens with zero attached hydrogens (tertiary/aromatic N) is 2. The van der Waals surface area contributed by atoms with Crippen molar-refractivity contribution < 1.29 is 41.8 Å². The maximum atomic E-state index is 14.0. The van der Waals surface area contributed by atoms with Crippen molar-refractivity contribution in [2.45, 2.75) is 37.8 Å². The fraction of sp³-hybridized carbons (Fsp3) is 0.300. The number of alkyl carbamates (subject to hydrolysis) is 1. The molecule has 10 nitrogen and oxygen atoms in total. The Kier molecular flexibility index (Phi) is 9.44. The molecule has 0 aromatic heterocycles. The Labute approximate surface area is 246 Å². The second-order valence-electron chi connectivity index (χ2n) is 9.76. The van der Waals surface area contributed by atoms with Gasteiger partial charge in [-0.1, -0.05) is 54.6 Å². The first-order chi connectivity index (χ1) is 20.5. The summed E-state index contributed by atoms with van der Waals surface area (Å²) in [5.41, 5.74) is 2.72. The van der Waals surface area contributed by atoms with E-state index in [0.717, 1.165) is 12.0 Å². The molecule has 0 spiro atoms. The standard InChI is InChI=1S/C30H31F3N4O6/c1-20-9-7-8-12-24(20)29(35-37(26(38)30(31,32)33)22-13-15-23(41-2)16-14-22)17-18-36(28(40)42-3)25(29)34-27(39)43-19-21-10-5-4-6-11-21/h4-16,25,35H,17-19H2,1-3H3,(H,34,39)/t25?,29-/m0/s1. The minimum atomic E-state index is -5.28. The second-order valence-corrected chi connectivity index (χ2v) is 9.76. The molecule has 0 radical (unpaired) electrons. The van der Waals surface area contributed by atoms with Crippen LogP contribution in [0.3, 0.4) is 0 Å². The Morgan fingerprint density at radius 3 is 2.23 bits per heavy atom. The highest BCUT2D eigenvalue weighted by molar-refractivity contribution is 5.96. The van der Waals surface area contributed by atoms with Gasteiger partial charge in [0.1, 0.15) is 24.1 Å². The van der Waals surface area contributed by atoms with Gasteiger partial charge in [0.2, 0.25) is 0 Å². The van der Waals surface area contributed by atoms with Gasteiger partial charge in [0, 0.05) is 6.54 Å². The van der Waals surface area contributed by atoms with E-state index >= 15 is 0 Å². The van der Waals surface area contributed by atoms with Crippen molar-refractivity contribution in [3.05, 3.63) is 95.6 Å². The molecule has 43 heavy (non-hydrogen) atoms. The molecule has 0 bridgehead atoms. The smallest absolute Gasteiger partial charge is 0.473 e. The second kappa shape index (κ2) is 13.0. The first-order valence-electron chi connectivity index (χ1n) is 13.2. The summed E-state index contributed by atoms with van der Waals surface area (Å²) < 4.78 is 57.5. The number of hydrogen-bond donors (Lipinski definition) is 2. The van der Waals surface area contributed by atoms with E-state index < -0.39 is 36.0 Å². The van der Waals surface area contributed by atoms with Crippen LogP contribution >= 0.6 is 0 Å². The highest BCUT2D eigenvalue weighted by Crippen LogP contribution is 2.40. The van der Waals surface area contributed by atoms with Gasteiger partial charge in [-0.25, -0.2) is 20.0 Å². The lowest BCUT2D eigenvalue weighted by Crippen LogP contribution is -2.66. The number of anilines is 1. The molecule has 1 saturated heterocycles. The highest BCUT2D eigenvalue weighted by atomic mass is 19.4. The third-order valence-electron chi connectivity index (χ3n) is 7.12. The van der Waals surface area contributed by atoms with Gasteiger partial charge in [-0.05, 0) is 54.3 Å². The Morgan fingerprint density at radius 1 is 0.977 bits per heavy atom. The van der Waals surface area contributed by atoms with Crippen LogP contribution < -0.4 is 20.5 Å². The van der Waals surface area contributed by atoms with E-state index in [4.69, 9.17) is 14.2 Å². The van der Waals surface area contributed by atoms with E-state index in [-0.39, 0.29) is 25.3 Å². The van der Waals surface area contributed by atoms with Crippen LogP contribution in [0.4, 0.5) is 28.4 Å². The number of carbonyl (C=O) groups excluding carboxylic acids is 3. The van der Waals surface area contributed by atoms with Crippen molar-refractivity contribution in [3.8, 4) is 5.75 Å². The van der Waals surface area contributed by atoms with Crippen molar-refractivity contribution in [2.24, 2.45) is 0 Å². The van der Waals surface area contributed by atoms with Crippen LogP contribution in [0, 0.1) is 6.92 Å². The molecule has 4 rings (SSSR count). The third kappa shape index (κ3) is 6.83. The lowest BCUT2D eigenvalue weighted by molar-refractivity contribution is -0.171. The summed E-state index contributed by atoms with van der Waals surface area (Å²) in [4.78, 5) is 40.1. The number of halogens is 3. The minimum Gasteiger partial charge on any atom is -0.497 e. The molecule has 2 N–H and O–H groups in total. The first kappa shape index (κ1) is 31.2. The number of benzene rings is 3. The molecule has 1 heterocycles. The van der Waals surface area contributed by atoms with E-state index in [1.165, 1.54) is 31.4 Å². The van der Waals surface area contributed by atoms with Crippen LogP contribution in [0.5, 0.6) is 5.75 Å². The van der Waals surface area contributed by atoms with Gasteiger partial charge in [-0.2, -0.15) is 13.2 Å². The first-order valence-corrected chi connectivity index (χ1v) is 13.2. The van der Waals surface area contributed by atoms with Crippen LogP contribution in [-0.4, -0.2) is 56.1 Å². The summed E-state index contributed by atoms with van der Waals surface area (Å²) in [6.07, 6.45) is -8.44. The lowest BCUT2D eigenvalue weighted by atomic mass is 9.84. The summed E-state index contributed by atoms with van der Waals surface area (Å²) >= 11 is 0. The van der Waals surface area contributed by atoms with Gasteiger partial charge in [-0.15, -0.1) is 0 Å². The summed E-state index contributed by atoms with van der Waals surface area (Å²) in [6.45, 7) is 1.58. The van der Waals surface area contributed by atoms with E-state index in [9.17, 15) is 27.6 Å². The van der Waals surface area contributed by atoms with Crippen molar-refractivity contribution >= 4 is 23.8 Å². The average Bonchev–Trinajstić information content (AvgIpc) is 3.36. The largest absolute Gasteiger partial charge is 0.497 e. The maximum Gasteiger partial charge on any atom is 0.473 e. The zero-order valence-corrected chi connectivity index (χ0v) is 23.7. The number of carbonyl (C=O) groups is 3. The van der Waals surface area contributed by atoms with Crippen LogP contribution in [0.15, 0.2) is 78.9 Å². The normalized spacial score (nSPS) is 18.1. The molecule has 3 amide bonds. The molecule has 3 aromatic rings. The molecule has 1 fully saturated rings. The fourth-order valence-electron chi connectivity index (χ4n) is 5.04. The van der Waals surface area contributed by atoms with Crippen molar-refractivity contribution in [1.29, 1.82) is 0 Å². The van der Waals surface area contributed by atoms with Crippen LogP contribution in [0.1, 0.15) is 23.1 Å². The predicted octanol–water partition coefficient (Wildman–Crippen LogP) is 5.02. The summed E-state index contributed by atoms with van der Waals surface area (Å²) in [5.74, 6) is -1.86. The molecule has 13 heteroatoms. The molecule has 228 valence electrons. The molecule has 1 unspecified atom stereocenters. The third-order valence-corrected chi connectivity index (χ3v) is 7.12. The Hall–Kier alpha value is -4.78. The SMILES string of the molecule is COC(=O)N1CC[C@](NN(C(=O)C(F)(F)F)c2ccc(OC)cc2)(c2ccccc2C)C1NC(=O)OCc1ccccc1. The van der Waals surface area contributed by atoms with Crippen molar-refractivity contribution in [1.82, 2.24) is 15.6 Å². The van der Waals surface area contributed by atoms with Gasteiger partial charge >= 0.3 is 24.3 Å². The van der Waals surface area contributed by atoms with E-state index in [2.05, 4.69) is 10.7 Å². The number of rotatable bonds is 8. The molecule has 0 saturated carbocycles. The average molecular weight is 601 g/mol. The van der Waals surface area contributed by atoms with Gasteiger partial charge in [0.25, 0.3) is 0 Å². The van der Waals surface area contributed by atoms with Gasteiger partial charge in [-0.3, -0.25) is 15.0 Å². The van der Waals surface area contributed by atoms with Crippen molar-refractivity contribution in [2.75, 3.05) is 25.8 Å². The molecular formula is C30H31F3N4O6. The lowest BCUT2D eigenvalue weighted by Gasteiger charge is -2.43. The topological polar surface area (TPSA) is 109 Å². The molecule has 3 aromatic carbocycles. The fourth-order valence-corrected chi connectivity index (χ4v) is 5.04. The number of hydrogen-bond acceptors (Lipinski definition) is 7. The number of amides is 3. The maximum absolute atomic E-state index is 14.0. The number of alkyl halides is 3. The zero-order valence-electron chi connectivity index (χ0n) is 23.7. The monoisotopic (exact) mass is 600 g/mol. The van der Waals surface area contributed by atoms with Crippen LogP contribution in [0.25, 0.3) is 0 Å². The number of nitrogens with one attached hydrogen (secondary N) is 2. The van der Waals surface area contributed by atoms with Gasteiger partial charge in [0.05, 0.1) is 19.9 Å². The number of likely N-dealkylation sites (tertiary alicyclic amines) is 1. The molecule has 1 aliphatic rings. The predicted molar refractivity (Wildman–Crippen MR) is 150 cm³/mol. The molecule has 2 atom stereocenters. The summed E-state index contributed by atoms with van der Waals surface area (Å²) in [6, 6.07) is 21.0. The van der Waals surface area contributed by atoms with Crippen LogP contribution in [-0.2, 0) is 26.4 Å².